The second kappa shape index (κ2) is 3.20. The molecule has 0 aliphatic carbocycles. The van der Waals surface area contributed by atoms with E-state index in [4.69, 9.17) is 17.3 Å². The molecule has 0 saturated carbocycles. The van der Waals surface area contributed by atoms with E-state index in [1.807, 2.05) is 30.3 Å². The van der Waals surface area contributed by atoms with Gasteiger partial charge in [0.25, 0.3) is 0 Å². The van der Waals surface area contributed by atoms with Gasteiger partial charge in [0.15, 0.2) is 0 Å². The molecule has 0 aromatic heterocycles. The highest BCUT2D eigenvalue weighted by atomic mass is 79.9. The molecule has 0 heterocycles. The van der Waals surface area contributed by atoms with Gasteiger partial charge in [0.05, 0.1) is 0 Å². The summed E-state index contributed by atoms with van der Waals surface area (Å²) in [7, 11) is 0. The zero-order valence-electron chi connectivity index (χ0n) is 6.72. The molecule has 2 rings (SSSR count). The molecule has 0 atom stereocenters. The molecule has 66 valence electrons. The molecule has 0 fully saturated rings. The summed E-state index contributed by atoms with van der Waals surface area (Å²) >= 11 is 9.45. The highest BCUT2D eigenvalue weighted by Crippen LogP contribution is 2.32. The van der Waals surface area contributed by atoms with Crippen molar-refractivity contribution in [2.75, 3.05) is 5.73 Å². The zero-order valence-corrected chi connectivity index (χ0v) is 9.06. The second-order valence-electron chi connectivity index (χ2n) is 2.80. The van der Waals surface area contributed by atoms with Gasteiger partial charge in [0, 0.05) is 20.6 Å². The molecule has 0 unspecified atom stereocenters. The van der Waals surface area contributed by atoms with Crippen LogP contribution in [0.4, 0.5) is 5.69 Å². The highest BCUT2D eigenvalue weighted by Gasteiger charge is 2.03. The Morgan fingerprint density at radius 2 is 1.85 bits per heavy atom. The van der Waals surface area contributed by atoms with Crippen molar-refractivity contribution in [1.82, 2.24) is 0 Å². The predicted molar refractivity (Wildman–Crippen MR) is 61.1 cm³/mol. The summed E-state index contributed by atoms with van der Waals surface area (Å²) in [5.74, 6) is 0. The number of nitrogens with two attached hydrogens (primary N) is 1. The first-order chi connectivity index (χ1) is 6.20. The number of nitrogen functional groups attached to an aromatic ring is 1. The Bertz CT molecular complexity index is 468. The predicted octanol–water partition coefficient (Wildman–Crippen LogP) is 3.84. The topological polar surface area (TPSA) is 26.0 Å². The van der Waals surface area contributed by atoms with Crippen LogP contribution >= 0.6 is 27.5 Å². The standard InChI is InChI=1S/C10H7BrClN/c11-10-7-2-1-3-8(12)6(7)4-5-9(10)13/h1-5H,13H2. The fourth-order valence-corrected chi connectivity index (χ4v) is 2.02. The average molecular weight is 257 g/mol. The van der Waals surface area contributed by atoms with Gasteiger partial charge in [-0.25, -0.2) is 0 Å². The summed E-state index contributed by atoms with van der Waals surface area (Å²) in [5, 5.41) is 2.82. The molecule has 3 heteroatoms. The van der Waals surface area contributed by atoms with E-state index in [0.29, 0.717) is 0 Å². The normalized spacial score (nSPS) is 10.6. The van der Waals surface area contributed by atoms with Crippen LogP contribution in [-0.4, -0.2) is 0 Å². The Morgan fingerprint density at radius 1 is 1.08 bits per heavy atom. The van der Waals surface area contributed by atoms with Crippen molar-refractivity contribution in [2.24, 2.45) is 0 Å². The second-order valence-corrected chi connectivity index (χ2v) is 4.00. The van der Waals surface area contributed by atoms with E-state index in [0.717, 1.165) is 26.0 Å². The number of anilines is 1. The van der Waals surface area contributed by atoms with Gasteiger partial charge < -0.3 is 5.73 Å². The maximum Gasteiger partial charge on any atom is 0.0484 e. The fourth-order valence-electron chi connectivity index (χ4n) is 1.30. The minimum Gasteiger partial charge on any atom is -0.398 e. The average Bonchev–Trinajstić information content (AvgIpc) is 2.12. The van der Waals surface area contributed by atoms with Gasteiger partial charge in [-0.05, 0) is 33.4 Å². The zero-order chi connectivity index (χ0) is 9.42. The summed E-state index contributed by atoms with van der Waals surface area (Å²) in [6, 6.07) is 9.54. The van der Waals surface area contributed by atoms with Gasteiger partial charge in [-0.2, -0.15) is 0 Å². The lowest BCUT2D eigenvalue weighted by Crippen LogP contribution is -1.87. The van der Waals surface area contributed by atoms with Gasteiger partial charge >= 0.3 is 0 Å². The van der Waals surface area contributed by atoms with Gasteiger partial charge in [-0.15, -0.1) is 0 Å². The lowest BCUT2D eigenvalue weighted by molar-refractivity contribution is 1.68. The lowest BCUT2D eigenvalue weighted by Gasteiger charge is -2.04. The number of halogens is 2. The molecule has 2 aromatic carbocycles. The van der Waals surface area contributed by atoms with Crippen LogP contribution in [0.3, 0.4) is 0 Å². The van der Waals surface area contributed by atoms with E-state index in [-0.39, 0.29) is 0 Å². The van der Waals surface area contributed by atoms with Crippen LogP contribution in [0.2, 0.25) is 5.02 Å². The molecule has 0 amide bonds. The van der Waals surface area contributed by atoms with E-state index < -0.39 is 0 Å². The Kier molecular flexibility index (Phi) is 2.18. The molecular formula is C10H7BrClN. The van der Waals surface area contributed by atoms with Crippen molar-refractivity contribution in [1.29, 1.82) is 0 Å². The number of benzene rings is 2. The molecule has 0 bridgehead atoms. The third kappa shape index (κ3) is 1.40. The maximum absolute atomic E-state index is 6.02. The minimum atomic E-state index is 0.731. The van der Waals surface area contributed by atoms with Gasteiger partial charge in [-0.1, -0.05) is 29.8 Å². The van der Waals surface area contributed by atoms with Crippen molar-refractivity contribution in [3.05, 3.63) is 39.8 Å². The Balaban J connectivity index is 2.94. The summed E-state index contributed by atoms with van der Waals surface area (Å²) in [4.78, 5) is 0. The third-order valence-electron chi connectivity index (χ3n) is 1.97. The Hall–Kier alpha value is -0.730. The summed E-state index contributed by atoms with van der Waals surface area (Å²) in [6.45, 7) is 0. The van der Waals surface area contributed by atoms with E-state index in [1.54, 1.807) is 0 Å². The van der Waals surface area contributed by atoms with Gasteiger partial charge in [-0.3, -0.25) is 0 Å². The highest BCUT2D eigenvalue weighted by molar-refractivity contribution is 9.10. The summed E-state index contributed by atoms with van der Waals surface area (Å²) < 4.78 is 0.910. The first-order valence-electron chi connectivity index (χ1n) is 3.82. The molecule has 0 saturated heterocycles. The molecule has 1 nitrogen and oxygen atoms in total. The summed E-state index contributed by atoms with van der Waals surface area (Å²) in [6.07, 6.45) is 0. The van der Waals surface area contributed by atoms with E-state index >= 15 is 0 Å². The fraction of sp³-hybridized carbons (Fsp3) is 0. The summed E-state index contributed by atoms with van der Waals surface area (Å²) in [5.41, 5.74) is 6.48. The van der Waals surface area contributed by atoms with E-state index in [2.05, 4.69) is 15.9 Å². The number of hydrogen-bond acceptors (Lipinski definition) is 1. The molecule has 0 radical (unpaired) electrons. The monoisotopic (exact) mass is 255 g/mol. The maximum atomic E-state index is 6.02. The van der Waals surface area contributed by atoms with Crippen molar-refractivity contribution < 1.29 is 0 Å². The van der Waals surface area contributed by atoms with Crippen LogP contribution in [0.15, 0.2) is 34.8 Å². The van der Waals surface area contributed by atoms with Crippen LogP contribution in [0.1, 0.15) is 0 Å². The SMILES string of the molecule is Nc1ccc2c(Cl)cccc2c1Br. The van der Waals surface area contributed by atoms with E-state index in [9.17, 15) is 0 Å². The minimum absolute atomic E-state index is 0.731. The van der Waals surface area contributed by atoms with Crippen molar-refractivity contribution in [3.8, 4) is 0 Å². The van der Waals surface area contributed by atoms with Gasteiger partial charge in [0.1, 0.15) is 0 Å². The van der Waals surface area contributed by atoms with Crippen molar-refractivity contribution >= 4 is 44.0 Å². The molecular weight excluding hydrogens is 249 g/mol. The largest absolute Gasteiger partial charge is 0.398 e. The Labute approximate surface area is 89.6 Å². The lowest BCUT2D eigenvalue weighted by atomic mass is 10.1. The molecule has 2 aromatic rings. The third-order valence-corrected chi connectivity index (χ3v) is 3.19. The van der Waals surface area contributed by atoms with Crippen molar-refractivity contribution in [3.63, 3.8) is 0 Å². The number of rotatable bonds is 0. The first kappa shape index (κ1) is 8.85. The van der Waals surface area contributed by atoms with E-state index in [1.165, 1.54) is 0 Å². The van der Waals surface area contributed by atoms with Crippen LogP contribution in [0.25, 0.3) is 10.8 Å². The van der Waals surface area contributed by atoms with Crippen LogP contribution in [0.5, 0.6) is 0 Å². The quantitative estimate of drug-likeness (QED) is 0.712. The van der Waals surface area contributed by atoms with Crippen LogP contribution in [-0.2, 0) is 0 Å². The van der Waals surface area contributed by atoms with Crippen molar-refractivity contribution in [2.45, 2.75) is 0 Å². The van der Waals surface area contributed by atoms with Crippen LogP contribution < -0.4 is 5.73 Å². The molecule has 0 spiro atoms. The molecule has 0 aliphatic heterocycles. The first-order valence-corrected chi connectivity index (χ1v) is 4.99. The van der Waals surface area contributed by atoms with Crippen LogP contribution in [0, 0.1) is 0 Å². The molecule has 2 N–H and O–H groups in total. The van der Waals surface area contributed by atoms with Gasteiger partial charge in [0.2, 0.25) is 0 Å². The smallest absolute Gasteiger partial charge is 0.0484 e. The molecule has 0 aliphatic rings. The molecule has 13 heavy (non-hydrogen) atoms. The Morgan fingerprint density at radius 3 is 2.62 bits per heavy atom. The number of fused-ring (bicyclic) bond motifs is 1. The number of hydrogen-bond donors (Lipinski definition) is 1.